The van der Waals surface area contributed by atoms with E-state index < -0.39 is 0 Å². The van der Waals surface area contributed by atoms with Gasteiger partial charge in [-0.05, 0) is 42.7 Å². The number of carbonyl (C=O) groups excluding carboxylic acids is 1. The quantitative estimate of drug-likeness (QED) is 0.827. The van der Waals surface area contributed by atoms with Gasteiger partial charge in [0.15, 0.2) is 0 Å². The zero-order valence-corrected chi connectivity index (χ0v) is 15.8. The zero-order valence-electron chi connectivity index (χ0n) is 15.8. The molecule has 4 rings (SSSR count). The standard InChI is InChI=1S/C23H28N2O2/c26-23(20-9-11-22(12-10-20)24-14-16-27-17-15-24)25-13-5-4-8-21(18-25)19-6-2-1-3-7-19/h1-3,6-7,9-12,21H,4-5,8,13-18H2. The first-order valence-electron chi connectivity index (χ1n) is 10.1. The lowest BCUT2D eigenvalue weighted by Crippen LogP contribution is -2.36. The van der Waals surface area contributed by atoms with Gasteiger partial charge in [-0.25, -0.2) is 0 Å². The highest BCUT2D eigenvalue weighted by Gasteiger charge is 2.24. The van der Waals surface area contributed by atoms with Crippen LogP contribution in [0.5, 0.6) is 0 Å². The highest BCUT2D eigenvalue weighted by molar-refractivity contribution is 5.94. The third-order valence-corrected chi connectivity index (χ3v) is 5.72. The molecular weight excluding hydrogens is 336 g/mol. The molecule has 0 saturated carbocycles. The van der Waals surface area contributed by atoms with Gasteiger partial charge in [0, 0.05) is 43.3 Å². The van der Waals surface area contributed by atoms with Crippen LogP contribution in [0.3, 0.4) is 0 Å². The van der Waals surface area contributed by atoms with Crippen molar-refractivity contribution in [3.05, 3.63) is 65.7 Å². The predicted molar refractivity (Wildman–Crippen MR) is 108 cm³/mol. The van der Waals surface area contributed by atoms with E-state index in [1.165, 1.54) is 17.7 Å². The van der Waals surface area contributed by atoms with Crippen molar-refractivity contribution < 1.29 is 9.53 Å². The minimum Gasteiger partial charge on any atom is -0.378 e. The van der Waals surface area contributed by atoms with Crippen molar-refractivity contribution in [2.45, 2.75) is 25.2 Å². The maximum atomic E-state index is 13.1. The van der Waals surface area contributed by atoms with Crippen molar-refractivity contribution in [3.8, 4) is 0 Å². The van der Waals surface area contributed by atoms with Crippen molar-refractivity contribution in [1.82, 2.24) is 4.90 Å². The Bertz CT molecular complexity index is 739. The molecule has 1 unspecified atom stereocenters. The summed E-state index contributed by atoms with van der Waals surface area (Å²) in [6.45, 7) is 5.04. The van der Waals surface area contributed by atoms with E-state index in [9.17, 15) is 4.79 Å². The Morgan fingerprint density at radius 3 is 2.37 bits per heavy atom. The topological polar surface area (TPSA) is 32.8 Å². The van der Waals surface area contributed by atoms with Crippen LogP contribution < -0.4 is 4.90 Å². The summed E-state index contributed by atoms with van der Waals surface area (Å²) in [6, 6.07) is 18.7. The van der Waals surface area contributed by atoms with E-state index in [0.29, 0.717) is 5.92 Å². The predicted octanol–water partition coefficient (Wildman–Crippen LogP) is 3.93. The van der Waals surface area contributed by atoms with E-state index in [0.717, 1.165) is 57.8 Å². The minimum absolute atomic E-state index is 0.159. The van der Waals surface area contributed by atoms with Gasteiger partial charge in [0.05, 0.1) is 13.2 Å². The van der Waals surface area contributed by atoms with Crippen molar-refractivity contribution in [2.75, 3.05) is 44.3 Å². The van der Waals surface area contributed by atoms with Gasteiger partial charge < -0.3 is 14.5 Å². The normalized spacial score (nSPS) is 21.0. The number of anilines is 1. The van der Waals surface area contributed by atoms with Gasteiger partial charge in [-0.1, -0.05) is 36.8 Å². The summed E-state index contributed by atoms with van der Waals surface area (Å²) in [5.74, 6) is 0.594. The molecule has 0 aliphatic carbocycles. The maximum Gasteiger partial charge on any atom is 0.253 e. The lowest BCUT2D eigenvalue weighted by molar-refractivity contribution is 0.0754. The smallest absolute Gasteiger partial charge is 0.253 e. The zero-order chi connectivity index (χ0) is 18.5. The molecular formula is C23H28N2O2. The van der Waals surface area contributed by atoms with Crippen LogP contribution in [-0.2, 0) is 4.74 Å². The number of likely N-dealkylation sites (tertiary alicyclic amines) is 1. The first-order chi connectivity index (χ1) is 13.3. The molecule has 0 spiro atoms. The van der Waals surface area contributed by atoms with Gasteiger partial charge in [-0.2, -0.15) is 0 Å². The van der Waals surface area contributed by atoms with E-state index in [-0.39, 0.29) is 5.91 Å². The number of ether oxygens (including phenoxy) is 1. The van der Waals surface area contributed by atoms with Gasteiger partial charge in [-0.3, -0.25) is 4.79 Å². The van der Waals surface area contributed by atoms with E-state index in [2.05, 4.69) is 52.3 Å². The summed E-state index contributed by atoms with van der Waals surface area (Å²) >= 11 is 0. The molecule has 2 aromatic carbocycles. The van der Waals surface area contributed by atoms with Crippen LogP contribution in [0.2, 0.25) is 0 Å². The first kappa shape index (κ1) is 18.1. The van der Waals surface area contributed by atoms with E-state index in [1.54, 1.807) is 0 Å². The van der Waals surface area contributed by atoms with Crippen LogP contribution in [0.15, 0.2) is 54.6 Å². The Balaban J connectivity index is 1.46. The molecule has 142 valence electrons. The van der Waals surface area contributed by atoms with Gasteiger partial charge >= 0.3 is 0 Å². The number of carbonyl (C=O) groups is 1. The second kappa shape index (κ2) is 8.57. The summed E-state index contributed by atoms with van der Waals surface area (Å²) in [5.41, 5.74) is 3.31. The molecule has 27 heavy (non-hydrogen) atoms. The molecule has 0 aromatic heterocycles. The largest absolute Gasteiger partial charge is 0.378 e. The maximum absolute atomic E-state index is 13.1. The van der Waals surface area contributed by atoms with Crippen molar-refractivity contribution in [2.24, 2.45) is 0 Å². The molecule has 1 atom stereocenters. The Labute approximate surface area is 161 Å². The molecule has 0 radical (unpaired) electrons. The molecule has 2 aromatic rings. The number of hydrogen-bond acceptors (Lipinski definition) is 3. The molecule has 1 amide bonds. The number of hydrogen-bond donors (Lipinski definition) is 0. The number of nitrogens with zero attached hydrogens (tertiary/aromatic N) is 2. The molecule has 0 N–H and O–H groups in total. The third-order valence-electron chi connectivity index (χ3n) is 5.72. The molecule has 2 saturated heterocycles. The Morgan fingerprint density at radius 1 is 0.889 bits per heavy atom. The van der Waals surface area contributed by atoms with Crippen LogP contribution >= 0.6 is 0 Å². The summed E-state index contributed by atoms with van der Waals surface area (Å²) in [7, 11) is 0. The fourth-order valence-electron chi connectivity index (χ4n) is 4.14. The molecule has 2 aliphatic rings. The van der Waals surface area contributed by atoms with E-state index in [4.69, 9.17) is 4.74 Å². The fourth-order valence-corrected chi connectivity index (χ4v) is 4.14. The molecule has 0 bridgehead atoms. The second-order valence-corrected chi connectivity index (χ2v) is 7.50. The number of benzene rings is 2. The Kier molecular flexibility index (Phi) is 5.73. The van der Waals surface area contributed by atoms with Crippen LogP contribution in [0.25, 0.3) is 0 Å². The lowest BCUT2D eigenvalue weighted by atomic mass is 9.94. The number of morpholine rings is 1. The first-order valence-corrected chi connectivity index (χ1v) is 10.1. The number of amides is 1. The molecule has 2 aliphatic heterocycles. The van der Waals surface area contributed by atoms with E-state index >= 15 is 0 Å². The van der Waals surface area contributed by atoms with Crippen LogP contribution in [0.1, 0.15) is 41.1 Å². The van der Waals surface area contributed by atoms with Gasteiger partial charge in [0.2, 0.25) is 0 Å². The third kappa shape index (κ3) is 4.33. The van der Waals surface area contributed by atoms with Gasteiger partial charge in [0.1, 0.15) is 0 Å². The average Bonchev–Trinajstić information content (AvgIpc) is 3.01. The SMILES string of the molecule is O=C(c1ccc(N2CCOCC2)cc1)N1CCCCC(c2ccccc2)C1. The molecule has 4 heteroatoms. The van der Waals surface area contributed by atoms with Crippen molar-refractivity contribution in [3.63, 3.8) is 0 Å². The number of rotatable bonds is 3. The summed E-state index contributed by atoms with van der Waals surface area (Å²) in [5, 5.41) is 0. The van der Waals surface area contributed by atoms with E-state index in [1.807, 2.05) is 12.1 Å². The Hall–Kier alpha value is -2.33. The second-order valence-electron chi connectivity index (χ2n) is 7.50. The summed E-state index contributed by atoms with van der Waals surface area (Å²) in [6.07, 6.45) is 3.42. The highest BCUT2D eigenvalue weighted by atomic mass is 16.5. The minimum atomic E-state index is 0.159. The molecule has 2 fully saturated rings. The van der Waals surface area contributed by atoms with Crippen LogP contribution in [0, 0.1) is 0 Å². The summed E-state index contributed by atoms with van der Waals surface area (Å²) in [4.78, 5) is 17.5. The van der Waals surface area contributed by atoms with Crippen molar-refractivity contribution >= 4 is 11.6 Å². The monoisotopic (exact) mass is 364 g/mol. The summed E-state index contributed by atoms with van der Waals surface area (Å²) < 4.78 is 5.42. The van der Waals surface area contributed by atoms with Crippen LogP contribution in [-0.4, -0.2) is 50.2 Å². The molecule has 2 heterocycles. The van der Waals surface area contributed by atoms with Crippen molar-refractivity contribution in [1.29, 1.82) is 0 Å². The van der Waals surface area contributed by atoms with Gasteiger partial charge in [-0.15, -0.1) is 0 Å². The lowest BCUT2D eigenvalue weighted by Gasteiger charge is -2.29. The average molecular weight is 364 g/mol. The van der Waals surface area contributed by atoms with Gasteiger partial charge in [0.25, 0.3) is 5.91 Å². The Morgan fingerprint density at radius 2 is 1.63 bits per heavy atom. The van der Waals surface area contributed by atoms with Crippen LogP contribution in [0.4, 0.5) is 5.69 Å². The molecule has 4 nitrogen and oxygen atoms in total. The fraction of sp³-hybridized carbons (Fsp3) is 0.435. The highest BCUT2D eigenvalue weighted by Crippen LogP contribution is 2.27.